The van der Waals surface area contributed by atoms with Gasteiger partial charge in [0.25, 0.3) is 0 Å². The number of Topliss-reactive ketones (excluding diaryl/α,β-unsaturated/α-hetero) is 1. The van der Waals surface area contributed by atoms with E-state index in [-0.39, 0.29) is 44.0 Å². The van der Waals surface area contributed by atoms with Crippen LogP contribution in [0.25, 0.3) is 11.1 Å². The second kappa shape index (κ2) is 18.1. The first kappa shape index (κ1) is 43.7. The minimum atomic E-state index is -1.32. The van der Waals surface area contributed by atoms with Crippen molar-refractivity contribution in [2.45, 2.75) is 134 Å². The Bertz CT molecular complexity index is 1780. The summed E-state index contributed by atoms with van der Waals surface area (Å²) >= 11 is 0. The number of cyclic esters (lactones) is 1. The normalized spacial score (nSPS) is 38.4. The highest BCUT2D eigenvalue weighted by molar-refractivity contribution is 5.87. The first-order valence-corrected chi connectivity index (χ1v) is 20.6. The lowest BCUT2D eigenvalue weighted by molar-refractivity contribution is -0.294. The molecule has 4 aliphatic heterocycles. The van der Waals surface area contributed by atoms with E-state index in [1.54, 1.807) is 20.8 Å². The number of carbonyl (C=O) groups is 3. The topological polar surface area (TPSA) is 164 Å². The second-order valence-electron chi connectivity index (χ2n) is 17.1. The van der Waals surface area contributed by atoms with Crippen LogP contribution in [0.2, 0.25) is 0 Å². The van der Waals surface area contributed by atoms with Crippen molar-refractivity contribution in [3.8, 4) is 16.9 Å². The van der Waals surface area contributed by atoms with Crippen molar-refractivity contribution in [2.24, 2.45) is 22.9 Å². The fourth-order valence-corrected chi connectivity index (χ4v) is 8.96. The minimum absolute atomic E-state index is 0.0560. The smallest absolute Gasteiger partial charge is 0.408 e. The molecule has 0 aliphatic carbocycles. The lowest BCUT2D eigenvalue weighted by atomic mass is 9.75. The number of benzene rings is 2. The van der Waals surface area contributed by atoms with E-state index in [1.807, 2.05) is 101 Å². The number of alkyl carbamates (subject to hydrolysis) is 1. The Kier molecular flexibility index (Phi) is 13.7. The molecule has 0 saturated carbocycles. The van der Waals surface area contributed by atoms with E-state index in [0.29, 0.717) is 24.3 Å². The van der Waals surface area contributed by atoms with Gasteiger partial charge in [0.2, 0.25) is 0 Å². The third-order valence-electron chi connectivity index (χ3n) is 12.5. The number of fused-ring (bicyclic) bond motifs is 4. The quantitative estimate of drug-likeness (QED) is 0.266. The van der Waals surface area contributed by atoms with Gasteiger partial charge >= 0.3 is 12.1 Å². The van der Waals surface area contributed by atoms with Crippen LogP contribution in [-0.2, 0) is 38.0 Å². The molecule has 14 heteroatoms. The van der Waals surface area contributed by atoms with E-state index >= 15 is 0 Å². The van der Waals surface area contributed by atoms with Crippen LogP contribution in [0.4, 0.5) is 4.79 Å². The Labute approximate surface area is 341 Å². The number of hydrogen-bond acceptors (Lipinski definition) is 13. The molecule has 318 valence electrons. The molecule has 58 heavy (non-hydrogen) atoms. The number of aliphatic hydroxyl groups is 1. The molecule has 1 amide bonds. The van der Waals surface area contributed by atoms with Crippen molar-refractivity contribution in [3.63, 3.8) is 0 Å². The molecule has 4 saturated heterocycles. The van der Waals surface area contributed by atoms with E-state index in [1.165, 1.54) is 0 Å². The molecule has 4 fully saturated rings. The maximum Gasteiger partial charge on any atom is 0.408 e. The van der Waals surface area contributed by atoms with Gasteiger partial charge in [0.15, 0.2) is 17.6 Å². The number of likely N-dealkylation sites (N-methyl/N-ethyl adjacent to an activating group) is 1. The van der Waals surface area contributed by atoms with Crippen LogP contribution in [0.1, 0.15) is 74.1 Å². The van der Waals surface area contributed by atoms with E-state index in [0.717, 1.165) is 11.1 Å². The first-order valence-electron chi connectivity index (χ1n) is 20.6. The zero-order chi connectivity index (χ0) is 41.9. The number of nitrogens with zero attached hydrogens (tertiary/aromatic N) is 2. The van der Waals surface area contributed by atoms with Crippen molar-refractivity contribution in [1.29, 1.82) is 0 Å². The number of rotatable bonds is 7. The molecule has 4 heterocycles. The third kappa shape index (κ3) is 9.42. The molecule has 2 N–H and O–H groups in total. The van der Waals surface area contributed by atoms with Gasteiger partial charge in [-0.25, -0.2) is 4.79 Å². The van der Waals surface area contributed by atoms with Gasteiger partial charge in [-0.2, -0.15) is 0 Å². The van der Waals surface area contributed by atoms with Crippen LogP contribution in [-0.4, -0.2) is 121 Å². The Balaban J connectivity index is 1.38. The largest absolute Gasteiger partial charge is 0.458 e. The van der Waals surface area contributed by atoms with Gasteiger partial charge in [0, 0.05) is 24.3 Å². The van der Waals surface area contributed by atoms with E-state index < -0.39 is 77.8 Å². The number of ketones is 1. The van der Waals surface area contributed by atoms with Gasteiger partial charge in [0.05, 0.1) is 49.1 Å². The SMILES string of the molecule is CC[C@H]1OC(=O)[C@H](C)[C@H]2C[C@@H](OC3O[C@H](C)C[C@H](N(C)C)[C@H]3O)[C@](C)(C[C@@H](C)C(=O)[C@H](C)C3NC(=O)OC31C)OC/C(=N/Oc1ccc(-c3ccccc3)cc1)CO2. The molecule has 0 radical (unpaired) electrons. The zero-order valence-corrected chi connectivity index (χ0v) is 35.2. The van der Waals surface area contributed by atoms with Gasteiger partial charge < -0.3 is 48.6 Å². The van der Waals surface area contributed by atoms with Crippen molar-refractivity contribution >= 4 is 23.6 Å². The molecule has 0 spiro atoms. The number of nitrogens with one attached hydrogen (secondary N) is 1. The molecule has 2 aromatic carbocycles. The lowest BCUT2D eigenvalue weighted by Crippen LogP contribution is -2.59. The van der Waals surface area contributed by atoms with E-state index in [4.69, 9.17) is 33.3 Å². The summed E-state index contributed by atoms with van der Waals surface area (Å²) in [6.45, 7) is 12.5. The fraction of sp³-hybridized carbons (Fsp3) is 0.636. The molecule has 6 rings (SSSR count). The van der Waals surface area contributed by atoms with Crippen LogP contribution >= 0.6 is 0 Å². The summed E-state index contributed by atoms with van der Waals surface area (Å²) in [4.78, 5) is 49.3. The molecule has 2 bridgehead atoms. The maximum absolute atomic E-state index is 14.5. The van der Waals surface area contributed by atoms with Crippen molar-refractivity contribution in [3.05, 3.63) is 54.6 Å². The second-order valence-corrected chi connectivity index (χ2v) is 17.1. The third-order valence-corrected chi connectivity index (χ3v) is 12.5. The predicted molar refractivity (Wildman–Crippen MR) is 215 cm³/mol. The summed E-state index contributed by atoms with van der Waals surface area (Å²) in [7, 11) is 3.80. The summed E-state index contributed by atoms with van der Waals surface area (Å²) in [5.74, 6) is -2.40. The van der Waals surface area contributed by atoms with Gasteiger partial charge in [0.1, 0.15) is 23.7 Å². The summed E-state index contributed by atoms with van der Waals surface area (Å²) in [6, 6.07) is 16.5. The van der Waals surface area contributed by atoms with Crippen LogP contribution in [0, 0.1) is 17.8 Å². The molecule has 3 unspecified atom stereocenters. The lowest BCUT2D eigenvalue weighted by Gasteiger charge is -2.46. The van der Waals surface area contributed by atoms with E-state index in [2.05, 4.69) is 10.5 Å². The summed E-state index contributed by atoms with van der Waals surface area (Å²) in [5.41, 5.74) is -0.0448. The number of oxime groups is 1. The molecule has 4 aliphatic rings. The van der Waals surface area contributed by atoms with Crippen molar-refractivity contribution < 1.29 is 52.7 Å². The monoisotopic (exact) mass is 807 g/mol. The molecular formula is C44H61N3O11. The predicted octanol–water partition coefficient (Wildman–Crippen LogP) is 5.53. The van der Waals surface area contributed by atoms with Crippen LogP contribution in [0.5, 0.6) is 5.75 Å². The standard InChI is InChI=1S/C44H61N3O11/c1-10-35-44(7)39(45-42(51)57-44)28(5)37(48)25(2)22-43(6)36(56-41-38(49)33(47(8)9)20-26(3)54-41)21-34(27(4)40(50)55-35)52-23-31(24-53-43)46-58-32-18-16-30(17-19-32)29-14-12-11-13-15-29/h11-19,25-28,33-36,38-39,41,49H,10,20-24H2,1-9H3,(H,45,51)/b46-31+/t25-,26-,27-,28+,33+,34-,35-,36-,38-,39?,41?,43+,44?/m1/s1. The van der Waals surface area contributed by atoms with Crippen molar-refractivity contribution in [2.75, 3.05) is 27.3 Å². The number of esters is 1. The Hall–Kier alpha value is -3.92. The summed E-state index contributed by atoms with van der Waals surface area (Å²) in [5, 5.41) is 18.9. The van der Waals surface area contributed by atoms with Gasteiger partial charge in [-0.3, -0.25) is 9.59 Å². The maximum atomic E-state index is 14.5. The molecule has 13 atom stereocenters. The van der Waals surface area contributed by atoms with Crippen LogP contribution < -0.4 is 10.2 Å². The molecule has 14 nitrogen and oxygen atoms in total. The first-order chi connectivity index (χ1) is 27.5. The minimum Gasteiger partial charge on any atom is -0.458 e. The fourth-order valence-electron chi connectivity index (χ4n) is 8.96. The Morgan fingerprint density at radius 3 is 2.29 bits per heavy atom. The van der Waals surface area contributed by atoms with Crippen LogP contribution in [0.15, 0.2) is 59.8 Å². The molecule has 0 aromatic heterocycles. The molecule has 2 aromatic rings. The highest BCUT2D eigenvalue weighted by atomic mass is 16.7. The van der Waals surface area contributed by atoms with Gasteiger partial charge in [-0.1, -0.05) is 68.4 Å². The Morgan fingerprint density at radius 1 is 0.931 bits per heavy atom. The van der Waals surface area contributed by atoms with Crippen molar-refractivity contribution in [1.82, 2.24) is 10.2 Å². The van der Waals surface area contributed by atoms with Gasteiger partial charge in [-0.05, 0) is 84.3 Å². The van der Waals surface area contributed by atoms with E-state index in [9.17, 15) is 19.5 Å². The van der Waals surface area contributed by atoms with Crippen LogP contribution in [0.3, 0.4) is 0 Å². The summed E-state index contributed by atoms with van der Waals surface area (Å²) < 4.78 is 38.5. The average molecular weight is 808 g/mol. The highest BCUT2D eigenvalue weighted by Crippen LogP contribution is 2.40. The van der Waals surface area contributed by atoms with Gasteiger partial charge in [-0.15, -0.1) is 0 Å². The summed E-state index contributed by atoms with van der Waals surface area (Å²) in [6.07, 6.45) is -4.33. The number of ether oxygens (including phenoxy) is 6. The molecular weight excluding hydrogens is 746 g/mol. The zero-order valence-electron chi connectivity index (χ0n) is 35.2. The number of amides is 1. The Morgan fingerprint density at radius 2 is 1.62 bits per heavy atom. The number of hydrogen-bond donors (Lipinski definition) is 2. The average Bonchev–Trinajstić information content (AvgIpc) is 3.54. The highest BCUT2D eigenvalue weighted by Gasteiger charge is 2.57. The number of aliphatic hydroxyl groups excluding tert-OH is 1. The number of carbonyl (C=O) groups excluding carboxylic acids is 3.